The highest BCUT2D eigenvalue weighted by atomic mass is 16.5. The van der Waals surface area contributed by atoms with Crippen LogP contribution in [0, 0.1) is 5.92 Å². The molecule has 142 valence electrons. The van der Waals surface area contributed by atoms with Gasteiger partial charge in [-0.3, -0.25) is 4.79 Å². The number of likely N-dealkylation sites (tertiary alicyclic amines) is 1. The fourth-order valence-electron chi connectivity index (χ4n) is 3.90. The SMILES string of the molecule is CCc1oncc1C(=O)N1CCC(C)C(N(C)c2ncnc3[nH]ccc23)C1. The Kier molecular flexibility index (Phi) is 4.55. The lowest BCUT2D eigenvalue weighted by molar-refractivity contribution is 0.0667. The monoisotopic (exact) mass is 368 g/mol. The van der Waals surface area contributed by atoms with Crippen LogP contribution in [0.1, 0.15) is 36.4 Å². The van der Waals surface area contributed by atoms with E-state index in [-0.39, 0.29) is 11.9 Å². The zero-order valence-corrected chi connectivity index (χ0v) is 15.8. The number of nitrogens with one attached hydrogen (secondary N) is 1. The molecule has 4 heterocycles. The van der Waals surface area contributed by atoms with Gasteiger partial charge >= 0.3 is 0 Å². The predicted octanol–water partition coefficient (Wildman–Crippen LogP) is 2.50. The largest absolute Gasteiger partial charge is 0.361 e. The first-order valence-corrected chi connectivity index (χ1v) is 9.33. The minimum Gasteiger partial charge on any atom is -0.361 e. The number of hydrogen-bond donors (Lipinski definition) is 1. The first-order chi connectivity index (χ1) is 13.1. The molecule has 0 spiro atoms. The molecular weight excluding hydrogens is 344 g/mol. The Morgan fingerprint density at radius 1 is 1.44 bits per heavy atom. The highest BCUT2D eigenvalue weighted by molar-refractivity contribution is 5.95. The smallest absolute Gasteiger partial charge is 0.259 e. The van der Waals surface area contributed by atoms with Crippen molar-refractivity contribution in [1.82, 2.24) is 25.0 Å². The third-order valence-electron chi connectivity index (χ3n) is 5.57. The highest BCUT2D eigenvalue weighted by Gasteiger charge is 2.34. The van der Waals surface area contributed by atoms with Crippen LogP contribution in [-0.2, 0) is 6.42 Å². The molecule has 27 heavy (non-hydrogen) atoms. The summed E-state index contributed by atoms with van der Waals surface area (Å²) in [5, 5.41) is 4.79. The molecular formula is C19H24N6O2. The van der Waals surface area contributed by atoms with Crippen LogP contribution in [0.2, 0.25) is 0 Å². The maximum Gasteiger partial charge on any atom is 0.259 e. The van der Waals surface area contributed by atoms with Gasteiger partial charge in [0.05, 0.1) is 17.6 Å². The van der Waals surface area contributed by atoms with Crippen LogP contribution in [0.15, 0.2) is 29.3 Å². The highest BCUT2D eigenvalue weighted by Crippen LogP contribution is 2.29. The fraction of sp³-hybridized carbons (Fsp3) is 0.474. The minimum atomic E-state index is -0.00659. The lowest BCUT2D eigenvalue weighted by Crippen LogP contribution is -2.53. The lowest BCUT2D eigenvalue weighted by atomic mass is 9.91. The zero-order chi connectivity index (χ0) is 19.0. The molecule has 8 heteroatoms. The van der Waals surface area contributed by atoms with Crippen molar-refractivity contribution in [3.8, 4) is 0 Å². The van der Waals surface area contributed by atoms with Crippen molar-refractivity contribution in [3.63, 3.8) is 0 Å². The summed E-state index contributed by atoms with van der Waals surface area (Å²) in [6, 6.07) is 2.16. The van der Waals surface area contributed by atoms with E-state index in [4.69, 9.17) is 4.52 Å². The average molecular weight is 368 g/mol. The van der Waals surface area contributed by atoms with Crippen molar-refractivity contribution in [1.29, 1.82) is 0 Å². The summed E-state index contributed by atoms with van der Waals surface area (Å²) in [6.45, 7) is 5.57. The van der Waals surface area contributed by atoms with E-state index in [0.717, 1.165) is 29.8 Å². The van der Waals surface area contributed by atoms with E-state index in [9.17, 15) is 4.79 Å². The Balaban J connectivity index is 1.59. The number of aromatic nitrogens is 4. The number of amides is 1. The van der Waals surface area contributed by atoms with E-state index < -0.39 is 0 Å². The topological polar surface area (TPSA) is 91.2 Å². The Labute approximate surface area is 157 Å². The molecule has 1 aliphatic rings. The summed E-state index contributed by atoms with van der Waals surface area (Å²) in [5.74, 6) is 1.96. The molecule has 0 aliphatic carbocycles. The number of likely N-dealkylation sites (N-methyl/N-ethyl adjacent to an activating group) is 1. The van der Waals surface area contributed by atoms with Crippen molar-refractivity contribution >= 4 is 22.8 Å². The van der Waals surface area contributed by atoms with E-state index >= 15 is 0 Å². The molecule has 1 N–H and O–H groups in total. The summed E-state index contributed by atoms with van der Waals surface area (Å²) in [7, 11) is 2.04. The molecule has 3 aromatic rings. The van der Waals surface area contributed by atoms with Gasteiger partial charge in [-0.25, -0.2) is 9.97 Å². The zero-order valence-electron chi connectivity index (χ0n) is 15.8. The van der Waals surface area contributed by atoms with Crippen LogP contribution in [0.4, 0.5) is 5.82 Å². The Morgan fingerprint density at radius 3 is 3.11 bits per heavy atom. The molecule has 1 saturated heterocycles. The maximum absolute atomic E-state index is 13.0. The molecule has 0 bridgehead atoms. The fourth-order valence-corrected chi connectivity index (χ4v) is 3.90. The normalized spacial score (nSPS) is 20.2. The number of nitrogens with zero attached hydrogens (tertiary/aromatic N) is 5. The van der Waals surface area contributed by atoms with Gasteiger partial charge in [0.2, 0.25) is 0 Å². The number of aryl methyl sites for hydroxylation is 1. The third kappa shape index (κ3) is 3.05. The van der Waals surface area contributed by atoms with Gasteiger partial charge in [-0.2, -0.15) is 0 Å². The minimum absolute atomic E-state index is 0.00659. The molecule has 1 aliphatic heterocycles. The van der Waals surface area contributed by atoms with Crippen molar-refractivity contribution in [2.24, 2.45) is 5.92 Å². The van der Waals surface area contributed by atoms with Crippen LogP contribution < -0.4 is 4.90 Å². The Hall–Kier alpha value is -2.90. The summed E-state index contributed by atoms with van der Waals surface area (Å²) in [5.41, 5.74) is 1.39. The van der Waals surface area contributed by atoms with Crippen molar-refractivity contribution < 1.29 is 9.32 Å². The summed E-state index contributed by atoms with van der Waals surface area (Å²) >= 11 is 0. The molecule has 4 rings (SSSR count). The molecule has 3 aromatic heterocycles. The maximum atomic E-state index is 13.0. The first-order valence-electron chi connectivity index (χ1n) is 9.33. The van der Waals surface area contributed by atoms with Crippen molar-refractivity contribution in [2.45, 2.75) is 32.7 Å². The molecule has 2 atom stereocenters. The molecule has 2 unspecified atom stereocenters. The second-order valence-corrected chi connectivity index (χ2v) is 7.15. The van der Waals surface area contributed by atoms with Gasteiger partial charge in [0.1, 0.15) is 29.1 Å². The number of piperidine rings is 1. The van der Waals surface area contributed by atoms with E-state index in [1.165, 1.54) is 6.20 Å². The van der Waals surface area contributed by atoms with Gasteiger partial charge in [0.25, 0.3) is 5.91 Å². The number of H-pyrrole nitrogens is 1. The first kappa shape index (κ1) is 17.5. The molecule has 1 amide bonds. The second-order valence-electron chi connectivity index (χ2n) is 7.15. The van der Waals surface area contributed by atoms with Crippen LogP contribution in [-0.4, -0.2) is 57.1 Å². The quantitative estimate of drug-likeness (QED) is 0.761. The number of anilines is 1. The summed E-state index contributed by atoms with van der Waals surface area (Å²) in [4.78, 5) is 29.0. The molecule has 8 nitrogen and oxygen atoms in total. The van der Waals surface area contributed by atoms with Gasteiger partial charge < -0.3 is 19.3 Å². The number of rotatable bonds is 4. The van der Waals surface area contributed by atoms with E-state index in [0.29, 0.717) is 30.2 Å². The lowest BCUT2D eigenvalue weighted by Gasteiger charge is -2.42. The third-order valence-corrected chi connectivity index (χ3v) is 5.57. The Morgan fingerprint density at radius 2 is 2.30 bits per heavy atom. The molecule has 0 radical (unpaired) electrons. The second kappa shape index (κ2) is 7.02. The van der Waals surface area contributed by atoms with Crippen LogP contribution in [0.3, 0.4) is 0 Å². The standard InChI is InChI=1S/C19H24N6O2/c1-4-16-14(9-23-27-16)19(26)25-8-6-12(2)15(10-25)24(3)18-13-5-7-20-17(13)21-11-22-18/h5,7,9,11-12,15H,4,6,8,10H2,1-3H3,(H,20,21,22). The number of carbonyl (C=O) groups excluding carboxylic acids is 1. The van der Waals surface area contributed by atoms with E-state index in [1.807, 2.05) is 31.1 Å². The molecule has 1 fully saturated rings. The number of hydrogen-bond acceptors (Lipinski definition) is 6. The number of fused-ring (bicyclic) bond motifs is 1. The van der Waals surface area contributed by atoms with Gasteiger partial charge in [0.15, 0.2) is 0 Å². The van der Waals surface area contributed by atoms with Gasteiger partial charge in [-0.05, 0) is 18.4 Å². The molecule has 0 aromatic carbocycles. The van der Waals surface area contributed by atoms with Gasteiger partial charge in [0, 0.05) is 32.8 Å². The van der Waals surface area contributed by atoms with Crippen molar-refractivity contribution in [2.75, 3.05) is 25.0 Å². The van der Waals surface area contributed by atoms with Crippen LogP contribution >= 0.6 is 0 Å². The van der Waals surface area contributed by atoms with E-state index in [2.05, 4.69) is 31.9 Å². The summed E-state index contributed by atoms with van der Waals surface area (Å²) in [6.07, 6.45) is 6.57. The van der Waals surface area contributed by atoms with Crippen LogP contribution in [0.5, 0.6) is 0 Å². The average Bonchev–Trinajstić information content (AvgIpc) is 3.35. The van der Waals surface area contributed by atoms with Crippen LogP contribution in [0.25, 0.3) is 11.0 Å². The number of carbonyl (C=O) groups is 1. The molecule has 0 saturated carbocycles. The van der Waals surface area contributed by atoms with Gasteiger partial charge in [-0.1, -0.05) is 19.0 Å². The van der Waals surface area contributed by atoms with Crippen molar-refractivity contribution in [3.05, 3.63) is 36.1 Å². The predicted molar refractivity (Wildman–Crippen MR) is 102 cm³/mol. The van der Waals surface area contributed by atoms with Gasteiger partial charge in [-0.15, -0.1) is 0 Å². The van der Waals surface area contributed by atoms with E-state index in [1.54, 1.807) is 6.33 Å². The number of aromatic amines is 1. The Bertz CT molecular complexity index is 948. The summed E-state index contributed by atoms with van der Waals surface area (Å²) < 4.78 is 5.20.